The van der Waals surface area contributed by atoms with Crippen molar-refractivity contribution in [3.63, 3.8) is 0 Å². The maximum atomic E-state index is 12.7. The van der Waals surface area contributed by atoms with E-state index in [1.807, 2.05) is 11.8 Å². The molecule has 0 amide bonds. The lowest BCUT2D eigenvalue weighted by molar-refractivity contribution is -0.384. The van der Waals surface area contributed by atoms with Crippen molar-refractivity contribution in [2.75, 3.05) is 18.0 Å². The van der Waals surface area contributed by atoms with Gasteiger partial charge in [-0.25, -0.2) is 9.97 Å². The molecule has 3 heterocycles. The third-order valence-electron chi connectivity index (χ3n) is 5.20. The van der Waals surface area contributed by atoms with Gasteiger partial charge in [0.25, 0.3) is 5.69 Å². The maximum Gasteiger partial charge on any atom is 0.293 e. The van der Waals surface area contributed by atoms with E-state index in [4.69, 9.17) is 0 Å². The van der Waals surface area contributed by atoms with Gasteiger partial charge in [0.1, 0.15) is 11.5 Å². The SMILES string of the molecule is Cc1nc(C2CCCN(c3ccc(C(=O)c4nccn4C)cc3[N+](=O)[O-])C2)n[nH]1. The zero-order valence-corrected chi connectivity index (χ0v) is 16.2. The zero-order chi connectivity index (χ0) is 20.5. The molecule has 1 aliphatic heterocycles. The minimum absolute atomic E-state index is 0.0862. The van der Waals surface area contributed by atoms with E-state index in [0.717, 1.165) is 24.5 Å². The van der Waals surface area contributed by atoms with Gasteiger partial charge in [-0.05, 0) is 31.9 Å². The topological polar surface area (TPSA) is 123 Å². The van der Waals surface area contributed by atoms with Gasteiger partial charge in [-0.15, -0.1) is 0 Å². The molecular formula is C19H21N7O3. The fourth-order valence-electron chi connectivity index (χ4n) is 3.74. The summed E-state index contributed by atoms with van der Waals surface area (Å²) in [5.41, 5.74) is 0.660. The molecule has 29 heavy (non-hydrogen) atoms. The number of carbonyl (C=O) groups excluding carboxylic acids is 1. The van der Waals surface area contributed by atoms with Crippen LogP contribution in [-0.4, -0.2) is 48.5 Å². The molecule has 1 atom stereocenters. The van der Waals surface area contributed by atoms with Crippen molar-refractivity contribution in [2.24, 2.45) is 7.05 Å². The highest BCUT2D eigenvalue weighted by atomic mass is 16.6. The predicted octanol–water partition coefficient (Wildman–Crippen LogP) is 2.37. The summed E-state index contributed by atoms with van der Waals surface area (Å²) in [6.07, 6.45) is 4.99. The van der Waals surface area contributed by atoms with Crippen molar-refractivity contribution >= 4 is 17.2 Å². The number of ketones is 1. The van der Waals surface area contributed by atoms with E-state index in [-0.39, 0.29) is 28.8 Å². The van der Waals surface area contributed by atoms with Crippen LogP contribution in [0.2, 0.25) is 0 Å². The highest BCUT2D eigenvalue weighted by Crippen LogP contribution is 2.35. The monoisotopic (exact) mass is 395 g/mol. The summed E-state index contributed by atoms with van der Waals surface area (Å²) < 4.78 is 1.59. The minimum Gasteiger partial charge on any atom is -0.365 e. The molecule has 1 unspecified atom stereocenters. The molecule has 3 aromatic rings. The first-order valence-corrected chi connectivity index (χ1v) is 9.38. The van der Waals surface area contributed by atoms with Crippen LogP contribution in [0.15, 0.2) is 30.6 Å². The van der Waals surface area contributed by atoms with Gasteiger partial charge in [-0.1, -0.05) is 0 Å². The molecule has 10 heteroatoms. The van der Waals surface area contributed by atoms with Crippen molar-refractivity contribution in [2.45, 2.75) is 25.7 Å². The van der Waals surface area contributed by atoms with Crippen molar-refractivity contribution < 1.29 is 9.72 Å². The smallest absolute Gasteiger partial charge is 0.293 e. The third-order valence-corrected chi connectivity index (χ3v) is 5.20. The summed E-state index contributed by atoms with van der Waals surface area (Å²) in [7, 11) is 1.71. The summed E-state index contributed by atoms with van der Waals surface area (Å²) in [6.45, 7) is 3.14. The number of nitro benzene ring substituents is 1. The molecule has 2 aromatic heterocycles. The number of carbonyl (C=O) groups is 1. The maximum absolute atomic E-state index is 12.7. The van der Waals surface area contributed by atoms with E-state index >= 15 is 0 Å². The van der Waals surface area contributed by atoms with Crippen LogP contribution in [0, 0.1) is 17.0 Å². The van der Waals surface area contributed by atoms with Gasteiger partial charge in [0.05, 0.1) is 4.92 Å². The zero-order valence-electron chi connectivity index (χ0n) is 16.2. The molecule has 0 bridgehead atoms. The van der Waals surface area contributed by atoms with Crippen LogP contribution in [0.5, 0.6) is 0 Å². The van der Waals surface area contributed by atoms with Crippen molar-refractivity contribution in [1.29, 1.82) is 0 Å². The first-order chi connectivity index (χ1) is 13.9. The number of anilines is 1. The summed E-state index contributed by atoms with van der Waals surface area (Å²) in [4.78, 5) is 34.4. The van der Waals surface area contributed by atoms with E-state index in [0.29, 0.717) is 18.8 Å². The molecule has 1 fully saturated rings. The number of nitrogens with zero attached hydrogens (tertiary/aromatic N) is 6. The normalized spacial score (nSPS) is 16.8. The van der Waals surface area contributed by atoms with Gasteiger partial charge >= 0.3 is 0 Å². The summed E-state index contributed by atoms with van der Waals surface area (Å²) >= 11 is 0. The third kappa shape index (κ3) is 3.60. The number of aromatic amines is 1. The summed E-state index contributed by atoms with van der Waals surface area (Å²) in [5.74, 6) is 1.48. The predicted molar refractivity (Wildman–Crippen MR) is 105 cm³/mol. The minimum atomic E-state index is -0.439. The molecule has 1 saturated heterocycles. The molecule has 1 aliphatic rings. The molecule has 1 N–H and O–H groups in total. The number of nitro groups is 1. The molecular weight excluding hydrogens is 374 g/mol. The van der Waals surface area contributed by atoms with Gasteiger partial charge in [0.2, 0.25) is 5.78 Å². The van der Waals surface area contributed by atoms with E-state index in [1.54, 1.807) is 29.9 Å². The second kappa shape index (κ2) is 7.46. The summed E-state index contributed by atoms with van der Waals surface area (Å²) in [5, 5.41) is 18.9. The number of benzene rings is 1. The highest BCUT2D eigenvalue weighted by Gasteiger charge is 2.29. The molecule has 10 nitrogen and oxygen atoms in total. The number of hydrogen-bond acceptors (Lipinski definition) is 7. The Labute approximate surface area is 166 Å². The van der Waals surface area contributed by atoms with Crippen LogP contribution < -0.4 is 4.90 Å². The Hall–Kier alpha value is -3.56. The second-order valence-electron chi connectivity index (χ2n) is 7.22. The number of nitrogens with one attached hydrogen (secondary N) is 1. The Morgan fingerprint density at radius 1 is 1.38 bits per heavy atom. The van der Waals surface area contributed by atoms with E-state index < -0.39 is 4.92 Å². The standard InChI is InChI=1S/C19H21N7O3/c1-12-21-18(23-22-12)14-4-3-8-25(11-14)15-6-5-13(10-16(15)26(28)29)17(27)19-20-7-9-24(19)2/h5-7,9-10,14H,3-4,8,11H2,1-2H3,(H,21,22,23). The Morgan fingerprint density at radius 3 is 2.86 bits per heavy atom. The average Bonchev–Trinajstić information content (AvgIpc) is 3.35. The van der Waals surface area contributed by atoms with Gasteiger partial charge in [0, 0.05) is 50.1 Å². The van der Waals surface area contributed by atoms with Gasteiger partial charge in [-0.2, -0.15) is 5.10 Å². The number of H-pyrrole nitrogens is 1. The second-order valence-corrected chi connectivity index (χ2v) is 7.22. The Bertz CT molecular complexity index is 1070. The Morgan fingerprint density at radius 2 is 2.21 bits per heavy atom. The molecule has 0 saturated carbocycles. The number of aryl methyl sites for hydroxylation is 2. The highest BCUT2D eigenvalue weighted by molar-refractivity contribution is 6.07. The molecule has 1 aromatic carbocycles. The molecule has 0 spiro atoms. The lowest BCUT2D eigenvalue weighted by Gasteiger charge is -2.32. The van der Waals surface area contributed by atoms with Crippen LogP contribution in [0.3, 0.4) is 0 Å². The molecule has 4 rings (SSSR count). The molecule has 0 radical (unpaired) electrons. The van der Waals surface area contributed by atoms with Crippen molar-refractivity contribution in [1.82, 2.24) is 24.7 Å². The Kier molecular flexibility index (Phi) is 4.83. The fourth-order valence-corrected chi connectivity index (χ4v) is 3.74. The van der Waals surface area contributed by atoms with Gasteiger partial charge < -0.3 is 9.47 Å². The molecule has 0 aliphatic carbocycles. The lowest BCUT2D eigenvalue weighted by Crippen LogP contribution is -2.35. The average molecular weight is 395 g/mol. The molecule has 150 valence electrons. The number of hydrogen-bond donors (Lipinski definition) is 1. The van der Waals surface area contributed by atoms with Crippen molar-refractivity contribution in [3.8, 4) is 0 Å². The largest absolute Gasteiger partial charge is 0.365 e. The first kappa shape index (κ1) is 18.8. The van der Waals surface area contributed by atoms with Gasteiger partial charge in [0.15, 0.2) is 11.6 Å². The van der Waals surface area contributed by atoms with Crippen LogP contribution in [0.4, 0.5) is 11.4 Å². The Balaban J connectivity index is 1.64. The number of aromatic nitrogens is 5. The first-order valence-electron chi connectivity index (χ1n) is 9.38. The van der Waals surface area contributed by atoms with E-state index in [2.05, 4.69) is 20.2 Å². The number of rotatable bonds is 5. The quantitative estimate of drug-likeness (QED) is 0.400. The van der Waals surface area contributed by atoms with E-state index in [1.165, 1.54) is 12.3 Å². The number of imidazole rings is 1. The van der Waals surface area contributed by atoms with Crippen LogP contribution in [0.1, 0.15) is 46.6 Å². The fraction of sp³-hybridized carbons (Fsp3) is 0.368. The van der Waals surface area contributed by atoms with Crippen LogP contribution in [-0.2, 0) is 7.05 Å². The van der Waals surface area contributed by atoms with E-state index in [9.17, 15) is 14.9 Å². The summed E-state index contributed by atoms with van der Waals surface area (Å²) in [6, 6.07) is 4.62. The van der Waals surface area contributed by atoms with Gasteiger partial charge in [-0.3, -0.25) is 20.0 Å². The number of piperidine rings is 1. The lowest BCUT2D eigenvalue weighted by atomic mass is 9.96. The van der Waals surface area contributed by atoms with Crippen molar-refractivity contribution in [3.05, 3.63) is 63.7 Å². The van der Waals surface area contributed by atoms with Crippen LogP contribution in [0.25, 0.3) is 0 Å². The van der Waals surface area contributed by atoms with Crippen LogP contribution >= 0.6 is 0 Å².